The fraction of sp³-hybridized carbons (Fsp3) is 0.222. The van der Waals surface area contributed by atoms with E-state index in [0.717, 1.165) is 16.7 Å². The van der Waals surface area contributed by atoms with E-state index < -0.39 is 0 Å². The summed E-state index contributed by atoms with van der Waals surface area (Å²) < 4.78 is 0. The van der Waals surface area contributed by atoms with Gasteiger partial charge in [-0.05, 0) is 35.4 Å². The van der Waals surface area contributed by atoms with E-state index in [2.05, 4.69) is 19.2 Å². The normalized spacial score (nSPS) is 11.5. The number of nitrogens with one attached hydrogen (secondary N) is 1. The smallest absolute Gasteiger partial charge is 0.120 e. The summed E-state index contributed by atoms with van der Waals surface area (Å²) in [6.45, 7) is 4.79. The van der Waals surface area contributed by atoms with E-state index in [1.165, 1.54) is 0 Å². The van der Waals surface area contributed by atoms with Gasteiger partial charge >= 0.3 is 0 Å². The number of aromatic hydroxyl groups is 1. The Bertz CT molecular complexity index is 681. The van der Waals surface area contributed by atoms with Crippen molar-refractivity contribution in [2.45, 2.75) is 26.4 Å². The Kier molecular flexibility index (Phi) is 5.90. The Morgan fingerprint density at radius 1 is 1.00 bits per heavy atom. The van der Waals surface area contributed by atoms with E-state index >= 15 is 0 Å². The summed E-state index contributed by atoms with van der Waals surface area (Å²) in [6, 6.07) is 11.4. The highest BCUT2D eigenvalue weighted by atomic mass is 35.5. The van der Waals surface area contributed by atoms with Crippen molar-refractivity contribution in [3.8, 4) is 5.75 Å². The zero-order valence-corrected chi connectivity index (χ0v) is 14.1. The summed E-state index contributed by atoms with van der Waals surface area (Å²) >= 11 is 11.9. The maximum absolute atomic E-state index is 9.90. The van der Waals surface area contributed by atoms with Crippen LogP contribution in [-0.2, 0) is 6.54 Å². The van der Waals surface area contributed by atoms with Gasteiger partial charge in [-0.1, -0.05) is 61.3 Å². The minimum Gasteiger partial charge on any atom is -0.508 e. The molecule has 116 valence electrons. The maximum atomic E-state index is 9.90. The molecule has 0 saturated carbocycles. The van der Waals surface area contributed by atoms with Gasteiger partial charge in [-0.3, -0.25) is 0 Å². The van der Waals surface area contributed by atoms with Gasteiger partial charge in [0.05, 0.1) is 10.0 Å². The van der Waals surface area contributed by atoms with Crippen LogP contribution in [0.4, 0.5) is 0 Å². The molecular formula is C18H19Cl2NO. The molecule has 0 fully saturated rings. The van der Waals surface area contributed by atoms with E-state index in [0.29, 0.717) is 28.4 Å². The second kappa shape index (κ2) is 7.68. The van der Waals surface area contributed by atoms with Crippen molar-refractivity contribution in [1.82, 2.24) is 5.32 Å². The Labute approximate surface area is 141 Å². The lowest BCUT2D eigenvalue weighted by molar-refractivity contribution is 0.461. The van der Waals surface area contributed by atoms with Gasteiger partial charge in [0.15, 0.2) is 0 Å². The van der Waals surface area contributed by atoms with Crippen LogP contribution in [0.25, 0.3) is 12.2 Å². The minimum atomic E-state index is 0.305. The van der Waals surface area contributed by atoms with Crippen molar-refractivity contribution in [3.63, 3.8) is 0 Å². The molecule has 0 unspecified atom stereocenters. The third-order valence-electron chi connectivity index (χ3n) is 3.22. The van der Waals surface area contributed by atoms with Gasteiger partial charge in [-0.25, -0.2) is 0 Å². The highest BCUT2D eigenvalue weighted by molar-refractivity contribution is 6.42. The average molecular weight is 336 g/mol. The first kappa shape index (κ1) is 16.9. The van der Waals surface area contributed by atoms with Crippen LogP contribution in [-0.4, -0.2) is 11.1 Å². The number of benzene rings is 2. The predicted molar refractivity (Wildman–Crippen MR) is 95.5 cm³/mol. The van der Waals surface area contributed by atoms with Crippen LogP contribution in [0.5, 0.6) is 5.75 Å². The molecule has 0 spiro atoms. The highest BCUT2D eigenvalue weighted by Gasteiger charge is 2.03. The molecule has 0 aliphatic rings. The maximum Gasteiger partial charge on any atom is 0.120 e. The Hall–Kier alpha value is -1.48. The first-order valence-corrected chi connectivity index (χ1v) is 7.89. The molecule has 0 saturated heterocycles. The number of phenols is 1. The van der Waals surface area contributed by atoms with Gasteiger partial charge in [-0.15, -0.1) is 0 Å². The number of hydrogen-bond donors (Lipinski definition) is 2. The molecule has 0 amide bonds. The fourth-order valence-corrected chi connectivity index (χ4v) is 2.28. The molecule has 2 aromatic rings. The standard InChI is InChI=1S/C18H19Cl2NO/c1-12(2)21-11-15-9-13(6-8-18(15)22)3-4-14-5-7-16(19)17(20)10-14/h3-10,12,21-22H,11H2,1-2H3/b4-3+. The van der Waals surface area contributed by atoms with Gasteiger partial charge in [0.1, 0.15) is 5.75 Å². The van der Waals surface area contributed by atoms with Crippen LogP contribution < -0.4 is 5.32 Å². The highest BCUT2D eigenvalue weighted by Crippen LogP contribution is 2.24. The van der Waals surface area contributed by atoms with Crippen LogP contribution >= 0.6 is 23.2 Å². The molecule has 2 nitrogen and oxygen atoms in total. The van der Waals surface area contributed by atoms with Crippen LogP contribution in [0.1, 0.15) is 30.5 Å². The Balaban J connectivity index is 2.16. The average Bonchev–Trinajstić information content (AvgIpc) is 2.48. The molecule has 2 N–H and O–H groups in total. The number of halogens is 2. The van der Waals surface area contributed by atoms with Crippen molar-refractivity contribution in [1.29, 1.82) is 0 Å². The third kappa shape index (κ3) is 4.77. The topological polar surface area (TPSA) is 32.3 Å². The molecule has 2 aromatic carbocycles. The lowest BCUT2D eigenvalue weighted by atomic mass is 10.1. The third-order valence-corrected chi connectivity index (χ3v) is 3.96. The van der Waals surface area contributed by atoms with Crippen LogP contribution in [0.2, 0.25) is 10.0 Å². The van der Waals surface area contributed by atoms with Crippen molar-refractivity contribution in [2.24, 2.45) is 0 Å². The molecule has 0 aliphatic carbocycles. The second-order valence-electron chi connectivity index (χ2n) is 5.43. The molecule has 0 bridgehead atoms. The van der Waals surface area contributed by atoms with Crippen molar-refractivity contribution < 1.29 is 5.11 Å². The molecule has 0 aliphatic heterocycles. The summed E-state index contributed by atoms with van der Waals surface area (Å²) in [6.07, 6.45) is 3.95. The van der Waals surface area contributed by atoms with E-state index in [1.807, 2.05) is 36.4 Å². The SMILES string of the molecule is CC(C)NCc1cc(/C=C/c2ccc(Cl)c(Cl)c2)ccc1O. The monoisotopic (exact) mass is 335 g/mol. The molecule has 0 aromatic heterocycles. The summed E-state index contributed by atoms with van der Waals surface area (Å²) in [4.78, 5) is 0. The Morgan fingerprint density at radius 3 is 2.27 bits per heavy atom. The van der Waals surface area contributed by atoms with Gasteiger partial charge in [0.25, 0.3) is 0 Å². The zero-order chi connectivity index (χ0) is 16.1. The van der Waals surface area contributed by atoms with E-state index in [9.17, 15) is 5.11 Å². The minimum absolute atomic E-state index is 0.305. The molecule has 0 heterocycles. The largest absolute Gasteiger partial charge is 0.508 e. The lowest BCUT2D eigenvalue weighted by Gasteiger charge is -2.10. The van der Waals surface area contributed by atoms with Crippen LogP contribution in [0.3, 0.4) is 0 Å². The van der Waals surface area contributed by atoms with Crippen molar-refractivity contribution in [2.75, 3.05) is 0 Å². The number of rotatable bonds is 5. The quantitative estimate of drug-likeness (QED) is 0.720. The predicted octanol–water partition coefficient (Wildman–Crippen LogP) is 5.37. The van der Waals surface area contributed by atoms with E-state index in [1.54, 1.807) is 12.1 Å². The van der Waals surface area contributed by atoms with Gasteiger partial charge in [0, 0.05) is 18.2 Å². The van der Waals surface area contributed by atoms with Gasteiger partial charge in [0.2, 0.25) is 0 Å². The van der Waals surface area contributed by atoms with Gasteiger partial charge in [-0.2, -0.15) is 0 Å². The van der Waals surface area contributed by atoms with Crippen molar-refractivity contribution in [3.05, 3.63) is 63.1 Å². The lowest BCUT2D eigenvalue weighted by Crippen LogP contribution is -2.21. The first-order valence-electron chi connectivity index (χ1n) is 7.14. The van der Waals surface area contributed by atoms with E-state index in [-0.39, 0.29) is 0 Å². The van der Waals surface area contributed by atoms with E-state index in [4.69, 9.17) is 23.2 Å². The Morgan fingerprint density at radius 2 is 1.64 bits per heavy atom. The molecule has 22 heavy (non-hydrogen) atoms. The number of hydrogen-bond acceptors (Lipinski definition) is 2. The first-order chi connectivity index (χ1) is 10.5. The molecule has 0 radical (unpaired) electrons. The summed E-state index contributed by atoms with van der Waals surface area (Å²) in [7, 11) is 0. The summed E-state index contributed by atoms with van der Waals surface area (Å²) in [5.74, 6) is 0.305. The summed E-state index contributed by atoms with van der Waals surface area (Å²) in [5.41, 5.74) is 2.87. The summed E-state index contributed by atoms with van der Waals surface area (Å²) in [5, 5.41) is 14.3. The second-order valence-corrected chi connectivity index (χ2v) is 6.25. The zero-order valence-electron chi connectivity index (χ0n) is 12.6. The van der Waals surface area contributed by atoms with Crippen LogP contribution in [0, 0.1) is 0 Å². The molecular weight excluding hydrogens is 317 g/mol. The van der Waals surface area contributed by atoms with Crippen molar-refractivity contribution >= 4 is 35.4 Å². The van der Waals surface area contributed by atoms with Gasteiger partial charge < -0.3 is 10.4 Å². The van der Waals surface area contributed by atoms with Crippen LogP contribution in [0.15, 0.2) is 36.4 Å². The molecule has 4 heteroatoms. The molecule has 0 atom stereocenters. The molecule has 2 rings (SSSR count). The fourth-order valence-electron chi connectivity index (χ4n) is 1.97. The number of phenolic OH excluding ortho intramolecular Hbond substituents is 1.